The normalized spacial score (nSPS) is 17.6. The third-order valence-corrected chi connectivity index (χ3v) is 7.86. The summed E-state index contributed by atoms with van der Waals surface area (Å²) in [5.74, 6) is 0.200. The highest BCUT2D eigenvalue weighted by Gasteiger charge is 2.41. The second-order valence-corrected chi connectivity index (χ2v) is 10.9. The fourth-order valence-electron chi connectivity index (χ4n) is 5.62. The van der Waals surface area contributed by atoms with E-state index in [0.29, 0.717) is 23.2 Å². The molecule has 1 aromatic carbocycles. The fraction of sp³-hybridized carbons (Fsp3) is 0.393. The van der Waals surface area contributed by atoms with Crippen molar-refractivity contribution in [2.24, 2.45) is 0 Å². The zero-order valence-electron chi connectivity index (χ0n) is 22.0. The predicted molar refractivity (Wildman–Crippen MR) is 143 cm³/mol. The Morgan fingerprint density at radius 3 is 2.67 bits per heavy atom. The number of nitrogens with zero attached hydrogens (tertiary/aromatic N) is 6. The number of fused-ring (bicyclic) bond motifs is 2. The van der Waals surface area contributed by atoms with E-state index in [9.17, 15) is 23.2 Å². The van der Waals surface area contributed by atoms with Crippen LogP contribution < -0.4 is 16.2 Å². The van der Waals surface area contributed by atoms with E-state index in [1.54, 1.807) is 12.1 Å². The van der Waals surface area contributed by atoms with E-state index in [1.165, 1.54) is 23.4 Å². The van der Waals surface area contributed by atoms with Gasteiger partial charge in [-0.3, -0.25) is 4.79 Å². The minimum atomic E-state index is -4.67. The van der Waals surface area contributed by atoms with Crippen LogP contribution in [0.3, 0.4) is 0 Å². The van der Waals surface area contributed by atoms with Crippen molar-refractivity contribution in [3.05, 3.63) is 69.8 Å². The number of anilines is 2. The van der Waals surface area contributed by atoms with Gasteiger partial charge in [-0.05, 0) is 81.5 Å². The van der Waals surface area contributed by atoms with Gasteiger partial charge >= 0.3 is 6.18 Å². The molecular formula is C28H27F3N8O. The Morgan fingerprint density at radius 1 is 1.18 bits per heavy atom. The van der Waals surface area contributed by atoms with E-state index in [4.69, 9.17) is 0 Å². The van der Waals surface area contributed by atoms with Crippen LogP contribution in [0.15, 0.2) is 47.4 Å². The molecule has 2 N–H and O–H groups in total. The summed E-state index contributed by atoms with van der Waals surface area (Å²) in [6.45, 7) is 3.54. The van der Waals surface area contributed by atoms with Gasteiger partial charge < -0.3 is 10.6 Å². The Bertz CT molecular complexity index is 1730. The van der Waals surface area contributed by atoms with E-state index in [-0.39, 0.29) is 28.3 Å². The number of pyridine rings is 1. The molecule has 0 spiro atoms. The Morgan fingerprint density at radius 2 is 1.98 bits per heavy atom. The number of aromatic nitrogens is 5. The first-order valence-electron chi connectivity index (χ1n) is 13.1. The molecule has 206 valence electrons. The number of rotatable bonds is 5. The molecule has 2 aliphatic rings. The molecule has 0 atom stereocenters. The van der Waals surface area contributed by atoms with Gasteiger partial charge in [0, 0.05) is 17.4 Å². The SMILES string of the molecule is CC1(C)NCCc2cc(Nc3ncc4c(=O)n(CC(F)(F)F)n(-c5cccc(C6(C#N)CCC6)n5)c4n3)ccc21. The Balaban J connectivity index is 1.46. The van der Waals surface area contributed by atoms with Crippen LogP contribution in [-0.4, -0.2) is 37.0 Å². The molecule has 4 heterocycles. The number of halogens is 3. The molecule has 0 bridgehead atoms. The average Bonchev–Trinajstić information content (AvgIpc) is 3.13. The van der Waals surface area contributed by atoms with Crippen molar-refractivity contribution in [2.75, 3.05) is 11.9 Å². The second kappa shape index (κ2) is 9.16. The highest BCUT2D eigenvalue weighted by Crippen LogP contribution is 2.42. The molecule has 0 saturated heterocycles. The van der Waals surface area contributed by atoms with Crippen molar-refractivity contribution in [3.8, 4) is 11.9 Å². The van der Waals surface area contributed by atoms with E-state index < -0.39 is 23.7 Å². The van der Waals surface area contributed by atoms with Gasteiger partial charge in [0.15, 0.2) is 11.5 Å². The third kappa shape index (κ3) is 4.40. The van der Waals surface area contributed by atoms with Gasteiger partial charge in [0.1, 0.15) is 11.9 Å². The molecule has 1 fully saturated rings. The van der Waals surface area contributed by atoms with Crippen molar-refractivity contribution in [1.82, 2.24) is 29.6 Å². The Kier molecular flexibility index (Phi) is 5.96. The van der Waals surface area contributed by atoms with Crippen LogP contribution in [0.5, 0.6) is 0 Å². The van der Waals surface area contributed by atoms with Crippen LogP contribution in [0.25, 0.3) is 16.9 Å². The number of hydrogen-bond acceptors (Lipinski definition) is 7. The van der Waals surface area contributed by atoms with Crippen molar-refractivity contribution in [1.29, 1.82) is 5.26 Å². The summed E-state index contributed by atoms with van der Waals surface area (Å²) < 4.78 is 42.5. The van der Waals surface area contributed by atoms with Crippen LogP contribution >= 0.6 is 0 Å². The topological polar surface area (TPSA) is 113 Å². The lowest BCUT2D eigenvalue weighted by Gasteiger charge is -2.34. The predicted octanol–water partition coefficient (Wildman–Crippen LogP) is 4.61. The van der Waals surface area contributed by atoms with Gasteiger partial charge in [-0.1, -0.05) is 12.1 Å². The fourth-order valence-corrected chi connectivity index (χ4v) is 5.62. The summed E-state index contributed by atoms with van der Waals surface area (Å²) in [5, 5.41) is 16.3. The van der Waals surface area contributed by atoms with Crippen molar-refractivity contribution >= 4 is 22.7 Å². The Hall–Kier alpha value is -4.24. The van der Waals surface area contributed by atoms with E-state index in [2.05, 4.69) is 45.5 Å². The van der Waals surface area contributed by atoms with Crippen molar-refractivity contribution < 1.29 is 13.2 Å². The zero-order valence-corrected chi connectivity index (χ0v) is 22.0. The number of nitriles is 1. The molecular weight excluding hydrogens is 521 g/mol. The molecule has 1 aliphatic carbocycles. The van der Waals surface area contributed by atoms with Crippen molar-refractivity contribution in [2.45, 2.75) is 63.2 Å². The van der Waals surface area contributed by atoms with Gasteiger partial charge in [0.2, 0.25) is 5.95 Å². The molecule has 40 heavy (non-hydrogen) atoms. The number of nitrogens with one attached hydrogen (secondary N) is 2. The van der Waals surface area contributed by atoms with Gasteiger partial charge in [-0.25, -0.2) is 19.3 Å². The van der Waals surface area contributed by atoms with E-state index >= 15 is 0 Å². The number of hydrogen-bond donors (Lipinski definition) is 2. The molecule has 1 aliphatic heterocycles. The monoisotopic (exact) mass is 548 g/mol. The lowest BCUT2D eigenvalue weighted by Crippen LogP contribution is -2.42. The summed E-state index contributed by atoms with van der Waals surface area (Å²) in [6.07, 6.45) is -0.494. The second-order valence-electron chi connectivity index (χ2n) is 10.9. The summed E-state index contributed by atoms with van der Waals surface area (Å²) in [5.41, 5.74) is 1.70. The summed E-state index contributed by atoms with van der Waals surface area (Å²) >= 11 is 0. The maximum absolute atomic E-state index is 13.6. The van der Waals surface area contributed by atoms with Crippen LogP contribution in [-0.2, 0) is 23.9 Å². The largest absolute Gasteiger partial charge is 0.408 e. The summed E-state index contributed by atoms with van der Waals surface area (Å²) in [7, 11) is 0. The lowest BCUT2D eigenvalue weighted by atomic mass is 9.67. The van der Waals surface area contributed by atoms with Crippen LogP contribution in [0.4, 0.5) is 24.8 Å². The van der Waals surface area contributed by atoms with Gasteiger partial charge in [0.05, 0.1) is 17.2 Å². The molecule has 3 aromatic heterocycles. The molecule has 12 heteroatoms. The van der Waals surface area contributed by atoms with Crippen LogP contribution in [0, 0.1) is 11.3 Å². The van der Waals surface area contributed by atoms with E-state index in [0.717, 1.165) is 29.8 Å². The maximum Gasteiger partial charge on any atom is 0.408 e. The number of benzene rings is 1. The first-order chi connectivity index (χ1) is 19.0. The van der Waals surface area contributed by atoms with Crippen molar-refractivity contribution in [3.63, 3.8) is 0 Å². The smallest absolute Gasteiger partial charge is 0.324 e. The minimum absolute atomic E-state index is 0.0145. The highest BCUT2D eigenvalue weighted by atomic mass is 19.4. The van der Waals surface area contributed by atoms with Gasteiger partial charge in [-0.15, -0.1) is 0 Å². The first-order valence-corrected chi connectivity index (χ1v) is 13.1. The Labute approximate surface area is 227 Å². The molecule has 9 nitrogen and oxygen atoms in total. The standard InChI is InChI=1S/C28H27F3N8O/c1-26(2)20-8-7-18(13-17(20)9-12-34-26)35-25-33-14-19-23(37-25)39(38(24(19)40)16-28(29,30)31)22-6-3-5-21(36-22)27(15-32)10-4-11-27/h3,5-8,13-14,34H,4,9-12,16H2,1-2H3,(H,33,35,37). The van der Waals surface area contributed by atoms with E-state index in [1.807, 2.05) is 18.2 Å². The van der Waals surface area contributed by atoms with Gasteiger partial charge in [-0.2, -0.15) is 23.4 Å². The number of alkyl halides is 3. The molecule has 1 saturated carbocycles. The van der Waals surface area contributed by atoms with Gasteiger partial charge in [0.25, 0.3) is 5.56 Å². The molecule has 0 unspecified atom stereocenters. The highest BCUT2D eigenvalue weighted by molar-refractivity contribution is 5.77. The quantitative estimate of drug-likeness (QED) is 0.375. The molecule has 4 aromatic rings. The third-order valence-electron chi connectivity index (χ3n) is 7.86. The summed E-state index contributed by atoms with van der Waals surface area (Å²) in [4.78, 5) is 26.4. The lowest BCUT2D eigenvalue weighted by molar-refractivity contribution is -0.144. The molecule has 0 radical (unpaired) electrons. The van der Waals surface area contributed by atoms with Crippen LogP contribution in [0.2, 0.25) is 0 Å². The summed E-state index contributed by atoms with van der Waals surface area (Å²) in [6, 6.07) is 13.1. The first kappa shape index (κ1) is 26.0. The molecule has 0 amide bonds. The minimum Gasteiger partial charge on any atom is -0.324 e. The van der Waals surface area contributed by atoms with Crippen LogP contribution in [0.1, 0.15) is 49.9 Å². The maximum atomic E-state index is 13.6. The average molecular weight is 549 g/mol. The molecule has 6 rings (SSSR count). The zero-order chi connectivity index (χ0) is 28.3.